The second-order valence-corrected chi connectivity index (χ2v) is 8.66. The van der Waals surface area contributed by atoms with Gasteiger partial charge in [0.1, 0.15) is 0 Å². The van der Waals surface area contributed by atoms with Gasteiger partial charge in [0.25, 0.3) is 10.0 Å². The van der Waals surface area contributed by atoms with E-state index in [0.717, 1.165) is 10.4 Å². The molecule has 0 N–H and O–H groups in total. The van der Waals surface area contributed by atoms with Gasteiger partial charge in [0.05, 0.1) is 21.7 Å². The molecular weight excluding hydrogens is 326 g/mol. The summed E-state index contributed by atoms with van der Waals surface area (Å²) in [6, 6.07) is 5.28. The number of anilines is 1. The first-order valence-electron chi connectivity index (χ1n) is 6.37. The maximum atomic E-state index is 12.6. The van der Waals surface area contributed by atoms with Crippen molar-refractivity contribution in [3.63, 3.8) is 0 Å². The van der Waals surface area contributed by atoms with E-state index in [4.69, 9.17) is 0 Å². The topological polar surface area (TPSA) is 97.3 Å². The smallest absolute Gasteiger partial charge is 0.259 e. The van der Waals surface area contributed by atoms with Gasteiger partial charge in [-0.1, -0.05) is 13.0 Å². The maximum Gasteiger partial charge on any atom is 0.265 e. The molecule has 0 fully saturated rings. The molecule has 0 bridgehead atoms. The van der Waals surface area contributed by atoms with Gasteiger partial charge in [0, 0.05) is 19.4 Å². The summed E-state index contributed by atoms with van der Waals surface area (Å²) < 4.78 is 49.9. The lowest BCUT2D eigenvalue weighted by Gasteiger charge is -2.18. The van der Waals surface area contributed by atoms with Gasteiger partial charge in [-0.3, -0.25) is 9.29 Å². The number of rotatable bonds is 5. The third-order valence-corrected chi connectivity index (χ3v) is 6.57. The first kappa shape index (κ1) is 16.4. The van der Waals surface area contributed by atoms with Crippen molar-refractivity contribution < 1.29 is 16.8 Å². The van der Waals surface area contributed by atoms with Gasteiger partial charge < -0.3 is 0 Å². The van der Waals surface area contributed by atoms with Gasteiger partial charge in [-0.05, 0) is 18.2 Å². The molecule has 118 valence electrons. The predicted octanol–water partition coefficient (Wildman–Crippen LogP) is 1.10. The normalized spacial score (nSPS) is 12.1. The second kappa shape index (κ2) is 6.01. The molecule has 22 heavy (non-hydrogen) atoms. The number of aromatic nitrogens is 2. The number of benzene rings is 1. The van der Waals surface area contributed by atoms with Gasteiger partial charge in [0.15, 0.2) is 15.7 Å². The Kier molecular flexibility index (Phi) is 4.47. The van der Waals surface area contributed by atoms with Crippen molar-refractivity contribution >= 4 is 25.7 Å². The zero-order valence-electron chi connectivity index (χ0n) is 12.0. The van der Waals surface area contributed by atoms with Crippen LogP contribution in [-0.4, -0.2) is 39.6 Å². The van der Waals surface area contributed by atoms with Crippen LogP contribution in [0.3, 0.4) is 0 Å². The predicted molar refractivity (Wildman–Crippen MR) is 81.8 cm³/mol. The van der Waals surface area contributed by atoms with E-state index in [1.54, 1.807) is 0 Å². The summed E-state index contributed by atoms with van der Waals surface area (Å²) in [5, 5.41) is 0. The van der Waals surface area contributed by atoms with Crippen LogP contribution in [0.1, 0.15) is 6.92 Å². The molecule has 1 aromatic carbocycles. The van der Waals surface area contributed by atoms with E-state index >= 15 is 0 Å². The van der Waals surface area contributed by atoms with E-state index in [1.807, 2.05) is 0 Å². The van der Waals surface area contributed by atoms with Crippen molar-refractivity contribution in [3.8, 4) is 0 Å². The summed E-state index contributed by atoms with van der Waals surface area (Å²) in [7, 11) is -6.07. The van der Waals surface area contributed by atoms with E-state index < -0.39 is 19.9 Å². The molecule has 0 aliphatic carbocycles. The van der Waals surface area contributed by atoms with Gasteiger partial charge in [0.2, 0.25) is 0 Å². The minimum atomic E-state index is -3.92. The fraction of sp³-hybridized carbons (Fsp3) is 0.231. The Morgan fingerprint density at radius 1 is 1.09 bits per heavy atom. The van der Waals surface area contributed by atoms with Crippen molar-refractivity contribution in [1.29, 1.82) is 0 Å². The summed E-state index contributed by atoms with van der Waals surface area (Å²) >= 11 is 0. The number of hydrogen-bond acceptors (Lipinski definition) is 6. The molecule has 0 unspecified atom stereocenters. The molecule has 0 radical (unpaired) electrons. The van der Waals surface area contributed by atoms with Crippen molar-refractivity contribution in [2.45, 2.75) is 16.7 Å². The molecule has 2 rings (SSSR count). The highest BCUT2D eigenvalue weighted by molar-refractivity contribution is 7.93. The average Bonchev–Trinajstić information content (AvgIpc) is 2.55. The van der Waals surface area contributed by atoms with E-state index in [9.17, 15) is 16.8 Å². The third kappa shape index (κ3) is 3.09. The molecule has 0 spiro atoms. The quantitative estimate of drug-likeness (QED) is 0.808. The second-order valence-electron chi connectivity index (χ2n) is 4.41. The molecule has 0 aliphatic heterocycles. The SMILES string of the molecule is CCS(=O)(=O)c1cccc(S(=O)(=O)N(C)c2cnccn2)c1. The van der Waals surface area contributed by atoms with Gasteiger partial charge >= 0.3 is 0 Å². The van der Waals surface area contributed by atoms with E-state index in [1.165, 1.54) is 50.8 Å². The van der Waals surface area contributed by atoms with Gasteiger partial charge in [-0.25, -0.2) is 21.8 Å². The van der Waals surface area contributed by atoms with Crippen LogP contribution in [0.2, 0.25) is 0 Å². The van der Waals surface area contributed by atoms with Crippen LogP contribution in [0.4, 0.5) is 5.82 Å². The first-order chi connectivity index (χ1) is 10.3. The Labute approximate surface area is 129 Å². The Bertz CT molecular complexity index is 865. The first-order valence-corrected chi connectivity index (χ1v) is 9.46. The molecule has 7 nitrogen and oxygen atoms in total. The molecule has 2 aromatic rings. The number of nitrogens with zero attached hydrogens (tertiary/aromatic N) is 3. The largest absolute Gasteiger partial charge is 0.265 e. The van der Waals surface area contributed by atoms with E-state index in [2.05, 4.69) is 9.97 Å². The van der Waals surface area contributed by atoms with Crippen molar-refractivity contribution in [3.05, 3.63) is 42.9 Å². The van der Waals surface area contributed by atoms with Gasteiger partial charge in [-0.15, -0.1) is 0 Å². The number of hydrogen-bond donors (Lipinski definition) is 0. The third-order valence-electron chi connectivity index (χ3n) is 3.08. The summed E-state index contributed by atoms with van der Waals surface area (Å²) in [6.45, 7) is 1.50. The molecule has 0 atom stereocenters. The van der Waals surface area contributed by atoms with Crippen LogP contribution < -0.4 is 4.31 Å². The van der Waals surface area contributed by atoms with Crippen molar-refractivity contribution in [2.75, 3.05) is 17.1 Å². The molecule has 0 saturated heterocycles. The summed E-state index contributed by atoms with van der Waals surface area (Å²) in [5.41, 5.74) is 0. The minimum Gasteiger partial charge on any atom is -0.259 e. The fourth-order valence-corrected chi connectivity index (χ4v) is 3.91. The number of sulfonamides is 1. The van der Waals surface area contributed by atoms with E-state index in [0.29, 0.717) is 0 Å². The minimum absolute atomic E-state index is 0.0244. The zero-order valence-corrected chi connectivity index (χ0v) is 13.7. The Morgan fingerprint density at radius 2 is 1.77 bits per heavy atom. The molecule has 0 aliphatic rings. The standard InChI is InChI=1S/C13H15N3O4S2/c1-3-21(17,18)11-5-4-6-12(9-11)22(19,20)16(2)13-10-14-7-8-15-13/h4-10H,3H2,1-2H3. The molecule has 0 amide bonds. The molecule has 0 saturated carbocycles. The fourth-order valence-electron chi connectivity index (χ4n) is 1.73. The van der Waals surface area contributed by atoms with Crippen molar-refractivity contribution in [2.24, 2.45) is 0 Å². The van der Waals surface area contributed by atoms with Crippen LogP contribution in [0, 0.1) is 0 Å². The maximum absolute atomic E-state index is 12.6. The van der Waals surface area contributed by atoms with Crippen LogP contribution in [-0.2, 0) is 19.9 Å². The van der Waals surface area contributed by atoms with Gasteiger partial charge in [-0.2, -0.15) is 0 Å². The Balaban J connectivity index is 2.49. The highest BCUT2D eigenvalue weighted by atomic mass is 32.2. The van der Waals surface area contributed by atoms with Crippen LogP contribution in [0.5, 0.6) is 0 Å². The summed E-state index contributed by atoms with van der Waals surface area (Å²) in [4.78, 5) is 7.60. The monoisotopic (exact) mass is 341 g/mol. The van der Waals surface area contributed by atoms with Crippen LogP contribution >= 0.6 is 0 Å². The van der Waals surface area contributed by atoms with E-state index in [-0.39, 0.29) is 21.4 Å². The highest BCUT2D eigenvalue weighted by Gasteiger charge is 2.24. The summed E-state index contributed by atoms with van der Waals surface area (Å²) in [6.07, 6.45) is 4.11. The molecule has 1 heterocycles. The number of sulfone groups is 1. The summed E-state index contributed by atoms with van der Waals surface area (Å²) in [5.74, 6) is 0.0440. The Hall–Kier alpha value is -2.00. The van der Waals surface area contributed by atoms with Crippen LogP contribution in [0.25, 0.3) is 0 Å². The Morgan fingerprint density at radius 3 is 2.36 bits per heavy atom. The average molecular weight is 341 g/mol. The molecule has 9 heteroatoms. The lowest BCUT2D eigenvalue weighted by Crippen LogP contribution is -2.27. The zero-order chi connectivity index (χ0) is 16.4. The van der Waals surface area contributed by atoms with Crippen LogP contribution in [0.15, 0.2) is 52.6 Å². The van der Waals surface area contributed by atoms with Crippen molar-refractivity contribution in [1.82, 2.24) is 9.97 Å². The lowest BCUT2D eigenvalue weighted by molar-refractivity contribution is 0.593. The molecular formula is C13H15N3O4S2. The molecule has 1 aromatic heterocycles. The lowest BCUT2D eigenvalue weighted by atomic mass is 10.4. The highest BCUT2D eigenvalue weighted by Crippen LogP contribution is 2.22.